The van der Waals surface area contributed by atoms with Crippen LogP contribution >= 0.6 is 11.6 Å². The van der Waals surface area contributed by atoms with Gasteiger partial charge in [-0.25, -0.2) is 13.2 Å². The number of aliphatic imine (C=N–C) groups is 1. The number of aromatic hydroxyl groups is 1. The van der Waals surface area contributed by atoms with Gasteiger partial charge in [0.15, 0.2) is 12.1 Å². The molecule has 11 atom stereocenters. The molecule has 2 heterocycles. The van der Waals surface area contributed by atoms with E-state index in [2.05, 4.69) is 29.3 Å². The van der Waals surface area contributed by atoms with E-state index in [4.69, 9.17) is 32.4 Å². The van der Waals surface area contributed by atoms with Crippen LogP contribution in [0.5, 0.6) is 5.75 Å². The zero-order chi connectivity index (χ0) is 53.0. The topological polar surface area (TPSA) is 415 Å². The molecule has 3 rings (SSSR count). The van der Waals surface area contributed by atoms with Gasteiger partial charge >= 0.3 is 26.8 Å². The van der Waals surface area contributed by atoms with Crippen LogP contribution in [0, 0.1) is 11.8 Å². The number of nitrogens with zero attached hydrogens (tertiary/aromatic N) is 3. The standard InChI is InChI=1S/C40H62ClN9O18S2/c1-7-19(3)30-39(59)67-21(5)31(48-35(55)28(68-70(63,64)65)18-66-69(60,61)62)36(56)45-24(10-9-15-44-40(42)43)33(53)46-25-12-14-29(52)50(37(25)57)32(20(4)8-2)38(58)49(6)26(34(54)47-30)17-22-11-13-27(51)23(41)16-22/h11,13,16,19-21,24-26,28-32,51-52H,7-10,12,14-15,17-18H2,1-6H3,(H,45,56)(H,46,53)(H,47,54)(H,48,55)(H4,42,43,44)(H,60,61,62)(H,63,64,65)/t19-,20-,21+,24?,25-,26?,28-,29+,30-,31-,32-/m0/s1. The van der Waals surface area contributed by atoms with Crippen LogP contribution in [0.15, 0.2) is 23.2 Å². The predicted octanol–water partition coefficient (Wildman–Crippen LogP) is -2.24. The summed E-state index contributed by atoms with van der Waals surface area (Å²) >= 11 is 6.21. The first-order chi connectivity index (χ1) is 32.5. The Hall–Kier alpha value is -5.43. The maximum Gasteiger partial charge on any atom is 0.398 e. The highest BCUT2D eigenvalue weighted by atomic mass is 35.5. The summed E-state index contributed by atoms with van der Waals surface area (Å²) in [6.07, 6.45) is -6.60. The first-order valence-electron chi connectivity index (χ1n) is 22.0. The third-order valence-electron chi connectivity index (χ3n) is 11.8. The second kappa shape index (κ2) is 25.6. The van der Waals surface area contributed by atoms with E-state index in [1.54, 1.807) is 27.7 Å². The largest absolute Gasteiger partial charge is 0.506 e. The summed E-state index contributed by atoms with van der Waals surface area (Å²) in [6, 6.07) is -5.83. The Morgan fingerprint density at radius 1 is 0.957 bits per heavy atom. The SMILES string of the molecule is CC[C@H](C)[C@@H]1NC(=O)C(Cc2ccc(O)c(Cl)c2)N(C)C(=O)[C@H]([C@@H](C)CC)N2C(=O)[C@H](CC[C@H]2O)NC(=O)C(CCCN=C(N)N)NC(=O)[C@@H](NC(=O)[C@H](COS(=O)(=O)O)OS(=O)(=O)O)[C@@H](C)OC1=O. The van der Waals surface area contributed by atoms with Gasteiger partial charge in [-0.05, 0) is 62.1 Å². The molecule has 0 radical (unpaired) electrons. The highest BCUT2D eigenvalue weighted by Gasteiger charge is 2.47. The molecule has 2 fully saturated rings. The van der Waals surface area contributed by atoms with Gasteiger partial charge in [0.25, 0.3) is 5.91 Å². The van der Waals surface area contributed by atoms with Crippen LogP contribution in [0.4, 0.5) is 0 Å². The number of fused-ring (bicyclic) bond motifs is 2. The van der Waals surface area contributed by atoms with Crippen LogP contribution in [-0.4, -0.2) is 168 Å². The molecule has 0 aliphatic carbocycles. The molecule has 0 saturated carbocycles. The van der Waals surface area contributed by atoms with Crippen molar-refractivity contribution in [3.63, 3.8) is 0 Å². The average molecular weight is 1060 g/mol. The molecule has 12 N–H and O–H groups in total. The summed E-state index contributed by atoms with van der Waals surface area (Å²) in [6.45, 7) is 5.89. The Bertz CT molecular complexity index is 2340. The molecule has 2 unspecified atom stereocenters. The third-order valence-corrected chi connectivity index (χ3v) is 13.0. The average Bonchev–Trinajstić information content (AvgIpc) is 3.27. The van der Waals surface area contributed by atoms with Gasteiger partial charge in [-0.15, -0.1) is 0 Å². The summed E-state index contributed by atoms with van der Waals surface area (Å²) in [5, 5.41) is 31.0. The van der Waals surface area contributed by atoms with Crippen molar-refractivity contribution >= 4 is 79.8 Å². The maximum absolute atomic E-state index is 14.9. The van der Waals surface area contributed by atoms with Gasteiger partial charge < -0.3 is 57.5 Å². The molecule has 70 heavy (non-hydrogen) atoms. The van der Waals surface area contributed by atoms with E-state index in [0.29, 0.717) is 5.56 Å². The number of piperidine rings is 1. The Labute approximate surface area is 409 Å². The van der Waals surface area contributed by atoms with Crippen LogP contribution in [0.1, 0.15) is 78.7 Å². The lowest BCUT2D eigenvalue weighted by Crippen LogP contribution is -2.66. The number of cyclic esters (lactones) is 1. The number of benzene rings is 1. The lowest BCUT2D eigenvalue weighted by Gasteiger charge is -2.44. The highest BCUT2D eigenvalue weighted by molar-refractivity contribution is 7.81. The summed E-state index contributed by atoms with van der Waals surface area (Å²) in [7, 11) is -9.72. The number of nitrogens with one attached hydrogen (secondary N) is 4. The molecule has 2 aliphatic heterocycles. The van der Waals surface area contributed by atoms with Crippen LogP contribution in [-0.2, 0) is 73.9 Å². The van der Waals surface area contributed by atoms with Crippen molar-refractivity contribution in [1.29, 1.82) is 0 Å². The molecule has 2 bridgehead atoms. The van der Waals surface area contributed by atoms with Crippen LogP contribution < -0.4 is 32.7 Å². The number of halogens is 1. The molecular weight excluding hydrogens is 994 g/mol. The molecule has 394 valence electrons. The molecule has 30 heteroatoms. The smallest absolute Gasteiger partial charge is 0.398 e. The van der Waals surface area contributed by atoms with Crippen molar-refractivity contribution in [2.24, 2.45) is 28.3 Å². The fourth-order valence-electron chi connectivity index (χ4n) is 7.52. The number of guanidine groups is 1. The summed E-state index contributed by atoms with van der Waals surface area (Å²) in [5.74, 6) is -10.1. The Balaban J connectivity index is 2.31. The molecule has 6 amide bonds. The number of likely N-dealkylation sites (N-methyl/N-ethyl adjacent to an activating group) is 1. The molecule has 0 aromatic heterocycles. The molecule has 27 nitrogen and oxygen atoms in total. The molecule has 2 aliphatic rings. The zero-order valence-corrected chi connectivity index (χ0v) is 41.5. The van der Waals surface area contributed by atoms with E-state index in [-0.39, 0.29) is 68.2 Å². The number of carbonyl (C=O) groups excluding carboxylic acids is 7. The lowest BCUT2D eigenvalue weighted by molar-refractivity contribution is -0.168. The molecule has 0 spiro atoms. The molecule has 1 aromatic carbocycles. The molecule has 2 saturated heterocycles. The van der Waals surface area contributed by atoms with Gasteiger partial charge in [-0.1, -0.05) is 58.2 Å². The number of nitrogens with two attached hydrogens (primary N) is 2. The highest BCUT2D eigenvalue weighted by Crippen LogP contribution is 2.29. The number of esters is 1. The Morgan fingerprint density at radius 2 is 1.60 bits per heavy atom. The van der Waals surface area contributed by atoms with Crippen molar-refractivity contribution in [3.8, 4) is 5.75 Å². The monoisotopic (exact) mass is 1060 g/mol. The maximum atomic E-state index is 14.9. The van der Waals surface area contributed by atoms with E-state index in [0.717, 1.165) is 16.7 Å². The van der Waals surface area contributed by atoms with Crippen LogP contribution in [0.3, 0.4) is 0 Å². The Morgan fingerprint density at radius 3 is 2.17 bits per heavy atom. The van der Waals surface area contributed by atoms with Gasteiger partial charge in [0.2, 0.25) is 29.5 Å². The van der Waals surface area contributed by atoms with Gasteiger partial charge in [0, 0.05) is 20.0 Å². The van der Waals surface area contributed by atoms with Crippen molar-refractivity contribution in [3.05, 3.63) is 28.8 Å². The molecule has 1 aromatic rings. The number of hydrogen-bond acceptors (Lipinski definition) is 17. The second-order valence-electron chi connectivity index (χ2n) is 16.9. The van der Waals surface area contributed by atoms with Crippen molar-refractivity contribution in [2.45, 2.75) is 134 Å². The third kappa shape index (κ3) is 16.9. The van der Waals surface area contributed by atoms with Crippen molar-refractivity contribution in [1.82, 2.24) is 31.1 Å². The summed E-state index contributed by atoms with van der Waals surface area (Å²) in [5.41, 5.74) is 11.2. The Kier molecular flexibility index (Phi) is 21.5. The minimum Gasteiger partial charge on any atom is -0.506 e. The minimum atomic E-state index is -5.60. The number of amides is 6. The van der Waals surface area contributed by atoms with E-state index in [1.807, 2.05) is 5.32 Å². The number of phenols is 1. The first kappa shape index (κ1) is 58.9. The van der Waals surface area contributed by atoms with E-state index in [9.17, 15) is 65.2 Å². The number of hydrogen-bond donors (Lipinski definition) is 10. The minimum absolute atomic E-state index is 0.0245. The lowest BCUT2D eigenvalue weighted by atomic mass is 9.91. The van der Waals surface area contributed by atoms with Crippen molar-refractivity contribution in [2.75, 3.05) is 20.2 Å². The van der Waals surface area contributed by atoms with Gasteiger partial charge in [-0.3, -0.25) is 42.9 Å². The van der Waals surface area contributed by atoms with Crippen molar-refractivity contribution < 1.29 is 82.8 Å². The van der Waals surface area contributed by atoms with E-state index < -0.39 is 135 Å². The normalized spacial score (nSPS) is 26.0. The van der Waals surface area contributed by atoms with Gasteiger partial charge in [0.05, 0.1) is 5.02 Å². The van der Waals surface area contributed by atoms with Gasteiger partial charge in [0.1, 0.15) is 60.9 Å². The summed E-state index contributed by atoms with van der Waals surface area (Å²) in [4.78, 5) is 106. The number of phenolic OH excluding ortho intramolecular Hbond substituents is 1. The fraction of sp³-hybridized carbons (Fsp3) is 0.650. The van der Waals surface area contributed by atoms with Crippen LogP contribution in [0.2, 0.25) is 5.02 Å². The number of carbonyl (C=O) groups is 7. The first-order valence-corrected chi connectivity index (χ1v) is 25.1. The quantitative estimate of drug-likeness (QED) is 0.0259. The molecular formula is C40H62ClN9O18S2. The number of rotatable bonds is 17. The number of aliphatic hydroxyl groups is 1. The fourth-order valence-corrected chi connectivity index (χ4v) is 8.46. The van der Waals surface area contributed by atoms with Crippen LogP contribution in [0.25, 0.3) is 0 Å². The summed E-state index contributed by atoms with van der Waals surface area (Å²) < 4.78 is 78.6. The number of aliphatic hydroxyl groups excluding tert-OH is 1. The van der Waals surface area contributed by atoms with E-state index in [1.165, 1.54) is 25.2 Å². The van der Waals surface area contributed by atoms with E-state index >= 15 is 0 Å². The van der Waals surface area contributed by atoms with Gasteiger partial charge in [-0.2, -0.15) is 16.8 Å². The number of ether oxygens (including phenoxy) is 1. The predicted molar refractivity (Wildman–Crippen MR) is 245 cm³/mol. The zero-order valence-electron chi connectivity index (χ0n) is 39.1. The second-order valence-corrected chi connectivity index (χ2v) is 19.4.